The van der Waals surface area contributed by atoms with Crippen LogP contribution in [-0.4, -0.2) is 31.6 Å². The third kappa shape index (κ3) is 2.49. The molecule has 2 heterocycles. The molecule has 6 nitrogen and oxygen atoms in total. The summed E-state index contributed by atoms with van der Waals surface area (Å²) < 4.78 is 1.57. The van der Waals surface area contributed by atoms with Gasteiger partial charge in [0.1, 0.15) is 0 Å². The zero-order chi connectivity index (χ0) is 14.1. The normalized spacial score (nSPS) is 14.2. The molecule has 2 aromatic rings. The van der Waals surface area contributed by atoms with E-state index in [0.29, 0.717) is 24.0 Å². The maximum absolute atomic E-state index is 12.6. The molecular formula is C14H17N5O. The van der Waals surface area contributed by atoms with Gasteiger partial charge in [0.05, 0.1) is 5.69 Å². The number of nitrogen functional groups attached to an aromatic ring is 1. The first kappa shape index (κ1) is 12.7. The van der Waals surface area contributed by atoms with E-state index in [4.69, 9.17) is 5.73 Å². The second kappa shape index (κ2) is 4.96. The van der Waals surface area contributed by atoms with Crippen LogP contribution >= 0.6 is 0 Å². The van der Waals surface area contributed by atoms with Gasteiger partial charge in [0.2, 0.25) is 0 Å². The molecule has 6 heteroatoms. The molecule has 1 saturated carbocycles. The second-order valence-corrected chi connectivity index (χ2v) is 5.13. The number of carbonyl (C=O) groups is 1. The van der Waals surface area contributed by atoms with Crippen molar-refractivity contribution in [2.24, 2.45) is 7.05 Å². The van der Waals surface area contributed by atoms with Crippen LogP contribution in [-0.2, 0) is 13.6 Å². The van der Waals surface area contributed by atoms with Crippen molar-refractivity contribution < 1.29 is 4.79 Å². The first-order chi connectivity index (χ1) is 9.65. The lowest BCUT2D eigenvalue weighted by molar-refractivity contribution is 0.0724. The Labute approximate surface area is 117 Å². The van der Waals surface area contributed by atoms with Crippen molar-refractivity contribution in [3.8, 4) is 0 Å². The maximum atomic E-state index is 12.6. The third-order valence-corrected chi connectivity index (χ3v) is 3.41. The Kier molecular flexibility index (Phi) is 3.14. The number of amides is 1. The molecule has 20 heavy (non-hydrogen) atoms. The Bertz CT molecular complexity index is 618. The molecule has 2 N–H and O–H groups in total. The fraction of sp³-hybridized carbons (Fsp3) is 0.357. The van der Waals surface area contributed by atoms with Crippen molar-refractivity contribution in [2.75, 3.05) is 5.73 Å². The summed E-state index contributed by atoms with van der Waals surface area (Å²) in [7, 11) is 1.76. The molecule has 0 bridgehead atoms. The molecule has 1 amide bonds. The van der Waals surface area contributed by atoms with Crippen LogP contribution in [0.2, 0.25) is 0 Å². The lowest BCUT2D eigenvalue weighted by Gasteiger charge is -2.21. The van der Waals surface area contributed by atoms with Gasteiger partial charge in [-0.25, -0.2) is 0 Å². The first-order valence-corrected chi connectivity index (χ1v) is 6.64. The summed E-state index contributed by atoms with van der Waals surface area (Å²) in [5.41, 5.74) is 7.69. The van der Waals surface area contributed by atoms with Crippen molar-refractivity contribution in [2.45, 2.75) is 25.4 Å². The maximum Gasteiger partial charge on any atom is 0.277 e. The van der Waals surface area contributed by atoms with Gasteiger partial charge in [0.15, 0.2) is 5.69 Å². The van der Waals surface area contributed by atoms with E-state index in [-0.39, 0.29) is 5.91 Å². The highest BCUT2D eigenvalue weighted by Crippen LogP contribution is 2.30. The van der Waals surface area contributed by atoms with E-state index >= 15 is 0 Å². The molecule has 0 radical (unpaired) electrons. The Morgan fingerprint density at radius 3 is 2.70 bits per heavy atom. The van der Waals surface area contributed by atoms with Gasteiger partial charge in [-0.3, -0.25) is 14.5 Å². The van der Waals surface area contributed by atoms with Gasteiger partial charge in [0.25, 0.3) is 5.91 Å². The van der Waals surface area contributed by atoms with Crippen molar-refractivity contribution in [1.29, 1.82) is 0 Å². The van der Waals surface area contributed by atoms with Gasteiger partial charge in [-0.2, -0.15) is 5.10 Å². The predicted octanol–water partition coefficient (Wildman–Crippen LogP) is 1.20. The van der Waals surface area contributed by atoms with Gasteiger partial charge < -0.3 is 10.6 Å². The van der Waals surface area contributed by atoms with Gasteiger partial charge in [-0.1, -0.05) is 0 Å². The zero-order valence-electron chi connectivity index (χ0n) is 11.4. The Morgan fingerprint density at radius 2 is 2.15 bits per heavy atom. The van der Waals surface area contributed by atoms with E-state index in [1.54, 1.807) is 30.3 Å². The minimum absolute atomic E-state index is 0.0950. The minimum atomic E-state index is -0.0950. The quantitative estimate of drug-likeness (QED) is 0.906. The van der Waals surface area contributed by atoms with Gasteiger partial charge >= 0.3 is 0 Å². The number of pyridine rings is 1. The highest BCUT2D eigenvalue weighted by atomic mass is 16.2. The van der Waals surface area contributed by atoms with E-state index < -0.39 is 0 Å². The SMILES string of the molecule is Cn1cc(N)c(C(=O)N(Cc2ccncc2)C2CC2)n1. The molecule has 0 aliphatic heterocycles. The standard InChI is InChI=1S/C14H17N5O/c1-18-9-12(15)13(17-18)14(20)19(11-2-3-11)8-10-4-6-16-7-5-10/h4-7,9,11H,2-3,8,15H2,1H3. The Morgan fingerprint density at radius 1 is 1.45 bits per heavy atom. The van der Waals surface area contributed by atoms with Gasteiger partial charge in [-0.05, 0) is 30.5 Å². The summed E-state index contributed by atoms with van der Waals surface area (Å²) in [6, 6.07) is 4.14. The van der Waals surface area contributed by atoms with Crippen molar-refractivity contribution in [3.63, 3.8) is 0 Å². The number of hydrogen-bond acceptors (Lipinski definition) is 4. The molecular weight excluding hydrogens is 254 g/mol. The van der Waals surface area contributed by atoms with Crippen molar-refractivity contribution in [1.82, 2.24) is 19.7 Å². The smallest absolute Gasteiger partial charge is 0.277 e. The largest absolute Gasteiger partial charge is 0.396 e. The highest BCUT2D eigenvalue weighted by molar-refractivity contribution is 5.97. The van der Waals surface area contributed by atoms with E-state index in [9.17, 15) is 4.79 Å². The van der Waals surface area contributed by atoms with Crippen molar-refractivity contribution in [3.05, 3.63) is 42.0 Å². The van der Waals surface area contributed by atoms with Crippen LogP contribution in [0.15, 0.2) is 30.7 Å². The molecule has 1 aliphatic rings. The van der Waals surface area contributed by atoms with Crippen molar-refractivity contribution >= 4 is 11.6 Å². The number of aryl methyl sites for hydroxylation is 1. The lowest BCUT2D eigenvalue weighted by Crippen LogP contribution is -2.33. The van der Waals surface area contributed by atoms with Crippen LogP contribution in [0.4, 0.5) is 5.69 Å². The number of rotatable bonds is 4. The van der Waals surface area contributed by atoms with E-state index in [2.05, 4.69) is 10.1 Å². The number of aromatic nitrogens is 3. The highest BCUT2D eigenvalue weighted by Gasteiger charge is 2.34. The van der Waals surface area contributed by atoms with Crippen LogP contribution in [0, 0.1) is 0 Å². The number of nitrogens with zero attached hydrogens (tertiary/aromatic N) is 4. The Balaban J connectivity index is 1.84. The predicted molar refractivity (Wildman–Crippen MR) is 74.8 cm³/mol. The first-order valence-electron chi connectivity index (χ1n) is 6.64. The van der Waals surface area contributed by atoms with E-state index in [1.165, 1.54) is 0 Å². The van der Waals surface area contributed by atoms with Crippen LogP contribution in [0.3, 0.4) is 0 Å². The number of hydrogen-bond donors (Lipinski definition) is 1. The zero-order valence-corrected chi connectivity index (χ0v) is 11.4. The minimum Gasteiger partial charge on any atom is -0.396 e. The van der Waals surface area contributed by atoms with E-state index in [1.807, 2.05) is 17.0 Å². The van der Waals surface area contributed by atoms with Crippen LogP contribution in [0.25, 0.3) is 0 Å². The van der Waals surface area contributed by atoms with Crippen LogP contribution < -0.4 is 5.73 Å². The molecule has 0 spiro atoms. The summed E-state index contributed by atoms with van der Waals surface area (Å²) in [5.74, 6) is -0.0950. The average Bonchev–Trinajstić information content (AvgIpc) is 3.22. The molecule has 0 atom stereocenters. The molecule has 0 saturated heterocycles. The fourth-order valence-corrected chi connectivity index (χ4v) is 2.25. The van der Waals surface area contributed by atoms with Gasteiger partial charge in [-0.15, -0.1) is 0 Å². The van der Waals surface area contributed by atoms with Crippen LogP contribution in [0.5, 0.6) is 0 Å². The summed E-state index contributed by atoms with van der Waals surface area (Å²) >= 11 is 0. The second-order valence-electron chi connectivity index (χ2n) is 5.13. The van der Waals surface area contributed by atoms with Crippen LogP contribution in [0.1, 0.15) is 28.9 Å². The summed E-state index contributed by atoms with van der Waals surface area (Å²) in [6.45, 7) is 0.571. The molecule has 104 valence electrons. The topological polar surface area (TPSA) is 77.0 Å². The molecule has 3 rings (SSSR count). The molecule has 2 aromatic heterocycles. The molecule has 1 fully saturated rings. The number of anilines is 1. The summed E-state index contributed by atoms with van der Waals surface area (Å²) in [6.07, 6.45) is 7.22. The summed E-state index contributed by atoms with van der Waals surface area (Å²) in [5, 5.41) is 4.17. The average molecular weight is 271 g/mol. The van der Waals surface area contributed by atoms with Gasteiger partial charge in [0, 0.05) is 38.2 Å². The summed E-state index contributed by atoms with van der Waals surface area (Å²) in [4.78, 5) is 18.5. The molecule has 0 aromatic carbocycles. The Hall–Kier alpha value is -2.37. The third-order valence-electron chi connectivity index (χ3n) is 3.41. The monoisotopic (exact) mass is 271 g/mol. The number of carbonyl (C=O) groups excluding carboxylic acids is 1. The molecule has 0 unspecified atom stereocenters. The van der Waals surface area contributed by atoms with E-state index in [0.717, 1.165) is 18.4 Å². The number of nitrogens with two attached hydrogens (primary N) is 1. The lowest BCUT2D eigenvalue weighted by atomic mass is 10.2. The fourth-order valence-electron chi connectivity index (χ4n) is 2.25. The molecule has 1 aliphatic carbocycles.